The van der Waals surface area contributed by atoms with Gasteiger partial charge < -0.3 is 14.8 Å². The lowest BCUT2D eigenvalue weighted by Crippen LogP contribution is -2.27. The van der Waals surface area contributed by atoms with E-state index < -0.39 is 0 Å². The van der Waals surface area contributed by atoms with Gasteiger partial charge in [-0.25, -0.2) is 0 Å². The molecule has 6 heteroatoms. The number of carbonyl (C=O) groups excluding carboxylic acids is 2. The maximum absolute atomic E-state index is 12.7. The molecule has 0 bridgehead atoms. The van der Waals surface area contributed by atoms with Crippen molar-refractivity contribution >= 4 is 23.1 Å². The quantitative estimate of drug-likeness (QED) is 0.649. The molecule has 0 aliphatic carbocycles. The molecule has 6 nitrogen and oxygen atoms in total. The largest absolute Gasteiger partial charge is 0.494 e. The predicted octanol–water partition coefficient (Wildman–Crippen LogP) is 4.09. The highest BCUT2D eigenvalue weighted by atomic mass is 16.5. The molecule has 0 spiro atoms. The van der Waals surface area contributed by atoms with Crippen LogP contribution in [-0.4, -0.2) is 37.0 Å². The summed E-state index contributed by atoms with van der Waals surface area (Å²) in [6, 6.07) is 14.6. The van der Waals surface area contributed by atoms with Gasteiger partial charge in [-0.05, 0) is 42.7 Å². The van der Waals surface area contributed by atoms with Gasteiger partial charge in [0, 0.05) is 18.8 Å². The van der Waals surface area contributed by atoms with Crippen LogP contribution < -0.4 is 14.8 Å². The van der Waals surface area contributed by atoms with Crippen molar-refractivity contribution in [1.29, 1.82) is 0 Å². The van der Waals surface area contributed by atoms with E-state index in [1.54, 1.807) is 12.1 Å². The first-order valence-corrected chi connectivity index (χ1v) is 9.85. The van der Waals surface area contributed by atoms with E-state index in [1.165, 1.54) is 7.05 Å². The van der Waals surface area contributed by atoms with Crippen molar-refractivity contribution in [3.63, 3.8) is 0 Å². The molecule has 0 radical (unpaired) electrons. The Hall–Kier alpha value is -3.28. The van der Waals surface area contributed by atoms with Crippen LogP contribution in [0.3, 0.4) is 0 Å². The number of nitrogens with zero attached hydrogens (tertiary/aromatic N) is 1. The summed E-state index contributed by atoms with van der Waals surface area (Å²) in [4.78, 5) is 26.6. The average molecular weight is 394 g/mol. The Morgan fingerprint density at radius 2 is 1.52 bits per heavy atom. The number of nitrogens with one attached hydrogen (secondary N) is 1. The van der Waals surface area contributed by atoms with Crippen molar-refractivity contribution < 1.29 is 19.1 Å². The molecule has 3 rings (SSSR count). The highest BCUT2D eigenvalue weighted by Gasteiger charge is 2.36. The van der Waals surface area contributed by atoms with Gasteiger partial charge in [0.05, 0.1) is 18.8 Å². The summed E-state index contributed by atoms with van der Waals surface area (Å²) in [7, 11) is 1.48. The molecule has 2 amide bonds. The van der Waals surface area contributed by atoms with Crippen LogP contribution in [0.2, 0.25) is 0 Å². The molecule has 0 saturated carbocycles. The second-order valence-electron chi connectivity index (χ2n) is 6.79. The number of anilines is 1. The molecule has 29 heavy (non-hydrogen) atoms. The number of ether oxygens (including phenoxy) is 2. The predicted molar refractivity (Wildman–Crippen MR) is 113 cm³/mol. The smallest absolute Gasteiger partial charge is 0.277 e. The fraction of sp³-hybridized carbons (Fsp3) is 0.304. The summed E-state index contributed by atoms with van der Waals surface area (Å²) in [5.41, 5.74) is 1.95. The van der Waals surface area contributed by atoms with Crippen molar-refractivity contribution in [2.45, 2.75) is 26.7 Å². The molecule has 0 fully saturated rings. The van der Waals surface area contributed by atoms with E-state index in [1.807, 2.05) is 50.2 Å². The normalized spacial score (nSPS) is 13.8. The lowest BCUT2D eigenvalue weighted by Gasteiger charge is -2.11. The van der Waals surface area contributed by atoms with Gasteiger partial charge in [0.25, 0.3) is 11.8 Å². The summed E-state index contributed by atoms with van der Waals surface area (Å²) in [5.74, 6) is 0.743. The zero-order chi connectivity index (χ0) is 20.8. The molecular formula is C23H26N2O4. The zero-order valence-corrected chi connectivity index (χ0v) is 17.0. The van der Waals surface area contributed by atoms with Crippen molar-refractivity contribution in [1.82, 2.24) is 4.90 Å². The Balaban J connectivity index is 1.91. The van der Waals surface area contributed by atoms with Gasteiger partial charge in [-0.1, -0.05) is 32.0 Å². The summed E-state index contributed by atoms with van der Waals surface area (Å²) in [6.45, 7) is 5.32. The summed E-state index contributed by atoms with van der Waals surface area (Å²) in [6.07, 6.45) is 1.82. The van der Waals surface area contributed by atoms with E-state index in [-0.39, 0.29) is 17.5 Å². The number of benzene rings is 2. The van der Waals surface area contributed by atoms with E-state index in [4.69, 9.17) is 9.47 Å². The van der Waals surface area contributed by atoms with Gasteiger partial charge >= 0.3 is 0 Å². The lowest BCUT2D eigenvalue weighted by molar-refractivity contribution is -0.135. The standard InChI is InChI=1S/C23H26N2O4/c1-4-13-28-18-11-9-16(10-12-18)20-21(23(27)25(3)22(20)26)24-17-7-6-8-19(15-17)29-14-5-2/h6-12,15,24H,4-5,13-14H2,1-3H3. The maximum Gasteiger partial charge on any atom is 0.277 e. The van der Waals surface area contributed by atoms with Crippen LogP contribution in [0.5, 0.6) is 11.5 Å². The highest BCUT2D eigenvalue weighted by molar-refractivity contribution is 6.36. The number of imide groups is 1. The Labute approximate surface area is 171 Å². The maximum atomic E-state index is 12.7. The first-order valence-electron chi connectivity index (χ1n) is 9.85. The topological polar surface area (TPSA) is 67.9 Å². The average Bonchev–Trinajstić information content (AvgIpc) is 2.95. The molecule has 0 unspecified atom stereocenters. The van der Waals surface area contributed by atoms with Crippen molar-refractivity contribution in [3.8, 4) is 11.5 Å². The van der Waals surface area contributed by atoms with Crippen LogP contribution in [-0.2, 0) is 9.59 Å². The van der Waals surface area contributed by atoms with Crippen LogP contribution in [0.25, 0.3) is 5.57 Å². The molecule has 2 aromatic carbocycles. The van der Waals surface area contributed by atoms with Gasteiger partial charge in [0.15, 0.2) is 0 Å². The van der Waals surface area contributed by atoms with E-state index in [2.05, 4.69) is 5.32 Å². The molecular weight excluding hydrogens is 368 g/mol. The van der Waals surface area contributed by atoms with Crippen molar-refractivity contribution in [2.24, 2.45) is 0 Å². The summed E-state index contributed by atoms with van der Waals surface area (Å²) < 4.78 is 11.3. The molecule has 1 N–H and O–H groups in total. The van der Waals surface area contributed by atoms with Crippen LogP contribution in [0.15, 0.2) is 54.2 Å². The zero-order valence-electron chi connectivity index (χ0n) is 17.0. The minimum Gasteiger partial charge on any atom is -0.494 e. The highest BCUT2D eigenvalue weighted by Crippen LogP contribution is 2.31. The van der Waals surface area contributed by atoms with Crippen LogP contribution in [0, 0.1) is 0 Å². The van der Waals surface area contributed by atoms with Gasteiger partial charge in [-0.2, -0.15) is 0 Å². The monoisotopic (exact) mass is 394 g/mol. The molecule has 1 aliphatic rings. The van der Waals surface area contributed by atoms with E-state index in [0.29, 0.717) is 35.8 Å². The second kappa shape index (κ2) is 9.28. The Morgan fingerprint density at radius 3 is 2.17 bits per heavy atom. The van der Waals surface area contributed by atoms with Gasteiger partial charge in [-0.3, -0.25) is 14.5 Å². The lowest BCUT2D eigenvalue weighted by atomic mass is 10.0. The van der Waals surface area contributed by atoms with Crippen molar-refractivity contribution in [3.05, 3.63) is 59.8 Å². The number of hydrogen-bond acceptors (Lipinski definition) is 5. The van der Waals surface area contributed by atoms with Crippen LogP contribution in [0.1, 0.15) is 32.3 Å². The SMILES string of the molecule is CCCOc1ccc(C2=C(Nc3cccc(OCCC)c3)C(=O)N(C)C2=O)cc1. The first kappa shape index (κ1) is 20.5. The summed E-state index contributed by atoms with van der Waals surface area (Å²) >= 11 is 0. The molecule has 0 saturated heterocycles. The Kier molecular flexibility index (Phi) is 6.54. The number of hydrogen-bond donors (Lipinski definition) is 1. The molecule has 0 aromatic heterocycles. The summed E-state index contributed by atoms with van der Waals surface area (Å²) in [5, 5.41) is 3.12. The van der Waals surface area contributed by atoms with E-state index in [0.717, 1.165) is 23.5 Å². The fourth-order valence-corrected chi connectivity index (χ4v) is 2.99. The number of rotatable bonds is 9. The van der Waals surface area contributed by atoms with Gasteiger partial charge in [0.1, 0.15) is 17.2 Å². The number of carbonyl (C=O) groups is 2. The molecule has 1 aliphatic heterocycles. The van der Waals surface area contributed by atoms with Crippen molar-refractivity contribution in [2.75, 3.05) is 25.6 Å². The van der Waals surface area contributed by atoms with Crippen LogP contribution in [0.4, 0.5) is 5.69 Å². The Morgan fingerprint density at radius 1 is 0.862 bits per heavy atom. The third-order valence-corrected chi connectivity index (χ3v) is 4.48. The Bertz CT molecular complexity index is 919. The minimum absolute atomic E-state index is 0.257. The van der Waals surface area contributed by atoms with E-state index >= 15 is 0 Å². The fourth-order valence-electron chi connectivity index (χ4n) is 2.99. The van der Waals surface area contributed by atoms with Gasteiger partial charge in [0.2, 0.25) is 0 Å². The van der Waals surface area contributed by atoms with E-state index in [9.17, 15) is 9.59 Å². The third kappa shape index (κ3) is 4.59. The molecule has 0 atom stereocenters. The van der Waals surface area contributed by atoms with Gasteiger partial charge in [-0.15, -0.1) is 0 Å². The number of likely N-dealkylation sites (N-methyl/N-ethyl adjacent to an activating group) is 1. The first-order chi connectivity index (χ1) is 14.0. The molecule has 152 valence electrons. The molecule has 1 heterocycles. The molecule has 2 aromatic rings. The second-order valence-corrected chi connectivity index (χ2v) is 6.79. The third-order valence-electron chi connectivity index (χ3n) is 4.48. The minimum atomic E-state index is -0.365. The number of amides is 2. The van der Waals surface area contributed by atoms with Crippen LogP contribution >= 0.6 is 0 Å².